The minimum atomic E-state index is -0.992. The van der Waals surface area contributed by atoms with Crippen molar-refractivity contribution in [1.29, 1.82) is 0 Å². The van der Waals surface area contributed by atoms with Gasteiger partial charge in [-0.3, -0.25) is 14.9 Å². The second kappa shape index (κ2) is 8.81. The van der Waals surface area contributed by atoms with Crippen molar-refractivity contribution in [3.8, 4) is 11.1 Å². The first-order chi connectivity index (χ1) is 16.8. The molecule has 1 aliphatic heterocycles. The monoisotopic (exact) mass is 491 g/mol. The Bertz CT molecular complexity index is 1280. The average molecular weight is 492 g/mol. The third kappa shape index (κ3) is 4.05. The van der Waals surface area contributed by atoms with Crippen molar-refractivity contribution >= 4 is 34.4 Å². The van der Waals surface area contributed by atoms with E-state index < -0.39 is 17.5 Å². The van der Waals surface area contributed by atoms with E-state index in [1.54, 1.807) is 12.3 Å². The lowest BCUT2D eigenvalue weighted by Gasteiger charge is -2.22. The van der Waals surface area contributed by atoms with Crippen molar-refractivity contribution in [2.45, 2.75) is 19.8 Å². The van der Waals surface area contributed by atoms with Crippen LogP contribution in [0.1, 0.15) is 41.4 Å². The first kappa shape index (κ1) is 23.0. The highest BCUT2D eigenvalue weighted by Crippen LogP contribution is 2.44. The van der Waals surface area contributed by atoms with Crippen molar-refractivity contribution in [1.82, 2.24) is 9.88 Å². The fraction of sp³-hybridized carbons (Fsp3) is 0.308. The van der Waals surface area contributed by atoms with Crippen molar-refractivity contribution in [2.75, 3.05) is 25.0 Å². The number of fused-ring (bicyclic) bond motifs is 3. The molecule has 2 N–H and O–H groups in total. The summed E-state index contributed by atoms with van der Waals surface area (Å²) in [6.45, 7) is 4.12. The number of nitrogens with zero attached hydrogens (tertiary/aromatic N) is 2. The molecule has 1 aliphatic carbocycles. The molecule has 2 atom stereocenters. The fourth-order valence-corrected chi connectivity index (χ4v) is 5.57. The van der Waals surface area contributed by atoms with Crippen LogP contribution in [0.25, 0.3) is 11.1 Å². The number of rotatable bonds is 5. The molecule has 0 saturated carbocycles. The number of ether oxygens (including phenoxy) is 1. The molecule has 35 heavy (non-hydrogen) atoms. The van der Waals surface area contributed by atoms with Crippen molar-refractivity contribution in [3.63, 3.8) is 0 Å². The van der Waals surface area contributed by atoms with Gasteiger partial charge in [-0.15, -0.1) is 11.3 Å². The maximum Gasteiger partial charge on any atom is 0.413 e. The third-order valence-electron chi connectivity index (χ3n) is 7.15. The number of hydrogen-bond acceptors (Lipinski definition) is 6. The molecule has 0 bridgehead atoms. The van der Waals surface area contributed by atoms with Gasteiger partial charge in [0.15, 0.2) is 5.13 Å². The van der Waals surface area contributed by atoms with Gasteiger partial charge in [-0.05, 0) is 35.1 Å². The zero-order valence-electron chi connectivity index (χ0n) is 19.4. The van der Waals surface area contributed by atoms with Gasteiger partial charge in [0.25, 0.3) is 5.91 Å². The van der Waals surface area contributed by atoms with Gasteiger partial charge >= 0.3 is 12.1 Å². The minimum Gasteiger partial charge on any atom is -0.481 e. The molecule has 2 aliphatic rings. The lowest BCUT2D eigenvalue weighted by atomic mass is 9.81. The standard InChI is InChI=1S/C26H25N3O5S/c1-15-11-29(14-26(15,2)23(31)32)22(30)21-13-35-24(27-21)28-25(33)34-12-20-18-9-5-3-7-16(18)17-8-4-6-10-19(17)20/h3-10,13,15,20H,11-12,14H2,1-2H3,(H,31,32)(H,27,28,33). The van der Waals surface area contributed by atoms with Crippen LogP contribution in [0, 0.1) is 11.3 Å². The molecular formula is C26H25N3O5S. The Hall–Kier alpha value is -3.72. The lowest BCUT2D eigenvalue weighted by Crippen LogP contribution is -2.36. The number of carboxylic acid groups (broad SMARTS) is 1. The van der Waals surface area contributed by atoms with Crippen molar-refractivity contribution in [3.05, 3.63) is 70.7 Å². The second-order valence-electron chi connectivity index (χ2n) is 9.30. The van der Waals surface area contributed by atoms with Crippen LogP contribution in [0.4, 0.5) is 9.93 Å². The van der Waals surface area contributed by atoms with E-state index in [4.69, 9.17) is 4.74 Å². The number of amides is 2. The smallest absolute Gasteiger partial charge is 0.413 e. The normalized spacial score (nSPS) is 20.9. The van der Waals surface area contributed by atoms with Crippen LogP contribution < -0.4 is 5.32 Å². The Morgan fingerprint density at radius 2 is 1.77 bits per heavy atom. The molecule has 1 aromatic heterocycles. The van der Waals surface area contributed by atoms with Crippen LogP contribution in [0.15, 0.2) is 53.9 Å². The summed E-state index contributed by atoms with van der Waals surface area (Å²) in [7, 11) is 0. The zero-order chi connectivity index (χ0) is 24.7. The Labute approximate surface area is 206 Å². The summed E-state index contributed by atoms with van der Waals surface area (Å²) >= 11 is 1.12. The Morgan fingerprint density at radius 3 is 2.37 bits per heavy atom. The van der Waals surface area contributed by atoms with E-state index in [-0.39, 0.29) is 41.7 Å². The molecule has 2 heterocycles. The number of carbonyl (C=O) groups is 3. The molecule has 0 radical (unpaired) electrons. The quantitative estimate of drug-likeness (QED) is 0.536. The summed E-state index contributed by atoms with van der Waals surface area (Å²) in [6.07, 6.45) is -0.645. The van der Waals surface area contributed by atoms with E-state index in [0.29, 0.717) is 6.54 Å². The van der Waals surface area contributed by atoms with Crippen LogP contribution in [0.3, 0.4) is 0 Å². The number of benzene rings is 2. The number of carboxylic acids is 1. The van der Waals surface area contributed by atoms with Gasteiger partial charge in [-0.25, -0.2) is 9.78 Å². The molecule has 9 heteroatoms. The predicted molar refractivity (Wildman–Crippen MR) is 132 cm³/mol. The van der Waals surface area contributed by atoms with Gasteiger partial charge in [0.05, 0.1) is 5.41 Å². The molecule has 2 unspecified atom stereocenters. The van der Waals surface area contributed by atoms with Crippen LogP contribution in [0.2, 0.25) is 0 Å². The summed E-state index contributed by atoms with van der Waals surface area (Å²) in [4.78, 5) is 42.8. The number of anilines is 1. The minimum absolute atomic E-state index is 0.0534. The topological polar surface area (TPSA) is 109 Å². The highest BCUT2D eigenvalue weighted by atomic mass is 32.1. The number of aromatic nitrogens is 1. The van der Waals surface area contributed by atoms with E-state index >= 15 is 0 Å². The molecular weight excluding hydrogens is 466 g/mol. The first-order valence-corrected chi connectivity index (χ1v) is 12.3. The van der Waals surface area contributed by atoms with E-state index in [1.807, 2.05) is 31.2 Å². The number of likely N-dealkylation sites (tertiary alicyclic amines) is 1. The molecule has 2 aromatic carbocycles. The number of aliphatic carboxylic acids is 1. The highest BCUT2D eigenvalue weighted by molar-refractivity contribution is 7.14. The maximum absolute atomic E-state index is 12.9. The van der Waals surface area contributed by atoms with Crippen LogP contribution in [-0.4, -0.2) is 52.7 Å². The van der Waals surface area contributed by atoms with Gasteiger partial charge in [0.1, 0.15) is 12.3 Å². The lowest BCUT2D eigenvalue weighted by molar-refractivity contribution is -0.148. The van der Waals surface area contributed by atoms with E-state index in [2.05, 4.69) is 34.6 Å². The van der Waals surface area contributed by atoms with E-state index in [9.17, 15) is 19.5 Å². The Balaban J connectivity index is 1.21. The molecule has 1 fully saturated rings. The van der Waals surface area contributed by atoms with Crippen molar-refractivity contribution < 1.29 is 24.2 Å². The number of nitrogens with one attached hydrogen (secondary N) is 1. The summed E-state index contributed by atoms with van der Waals surface area (Å²) < 4.78 is 5.54. The largest absolute Gasteiger partial charge is 0.481 e. The number of hydrogen-bond donors (Lipinski definition) is 2. The number of thiazole rings is 1. The first-order valence-electron chi connectivity index (χ1n) is 11.4. The molecule has 1 saturated heterocycles. The van der Waals surface area contributed by atoms with Gasteiger partial charge in [0.2, 0.25) is 0 Å². The fourth-order valence-electron chi connectivity index (χ4n) is 4.90. The van der Waals surface area contributed by atoms with Crippen LogP contribution >= 0.6 is 11.3 Å². The van der Waals surface area contributed by atoms with Gasteiger partial charge in [0, 0.05) is 24.4 Å². The zero-order valence-corrected chi connectivity index (χ0v) is 20.2. The van der Waals surface area contributed by atoms with Gasteiger partial charge < -0.3 is 14.7 Å². The Kier molecular flexibility index (Phi) is 5.80. The number of carbonyl (C=O) groups excluding carboxylic acids is 2. The van der Waals surface area contributed by atoms with Crippen LogP contribution in [-0.2, 0) is 9.53 Å². The third-order valence-corrected chi connectivity index (χ3v) is 7.91. The molecule has 2 amide bonds. The molecule has 3 aromatic rings. The Morgan fingerprint density at radius 1 is 1.14 bits per heavy atom. The summed E-state index contributed by atoms with van der Waals surface area (Å²) in [5.74, 6) is -1.50. The molecule has 8 nitrogen and oxygen atoms in total. The average Bonchev–Trinajstić information content (AvgIpc) is 3.52. The van der Waals surface area contributed by atoms with E-state index in [1.165, 1.54) is 4.90 Å². The van der Waals surface area contributed by atoms with Gasteiger partial charge in [-0.2, -0.15) is 0 Å². The highest BCUT2D eigenvalue weighted by Gasteiger charge is 2.48. The SMILES string of the molecule is CC1CN(C(=O)c2csc(NC(=O)OCC3c4ccccc4-c4ccccc43)n2)CC1(C)C(=O)O. The van der Waals surface area contributed by atoms with E-state index in [0.717, 1.165) is 33.6 Å². The summed E-state index contributed by atoms with van der Waals surface area (Å²) in [5.41, 5.74) is 3.72. The van der Waals surface area contributed by atoms with Crippen molar-refractivity contribution in [2.24, 2.45) is 11.3 Å². The molecule has 0 spiro atoms. The van der Waals surface area contributed by atoms with Crippen LogP contribution in [0.5, 0.6) is 0 Å². The second-order valence-corrected chi connectivity index (χ2v) is 10.2. The summed E-state index contributed by atoms with van der Waals surface area (Å²) in [6, 6.07) is 16.2. The van der Waals surface area contributed by atoms with Gasteiger partial charge in [-0.1, -0.05) is 55.5 Å². The maximum atomic E-state index is 12.9. The summed E-state index contributed by atoms with van der Waals surface area (Å²) in [5, 5.41) is 14.0. The molecule has 5 rings (SSSR count). The molecule has 180 valence electrons. The predicted octanol–water partition coefficient (Wildman–Crippen LogP) is 4.69.